The van der Waals surface area contributed by atoms with Gasteiger partial charge in [0, 0.05) is 56.1 Å². The fourth-order valence-corrected chi connectivity index (χ4v) is 3.75. The molecule has 0 aliphatic carbocycles. The molecule has 1 aromatic heterocycles. The van der Waals surface area contributed by atoms with Crippen LogP contribution in [-0.2, 0) is 6.42 Å². The molecule has 0 unspecified atom stereocenters. The summed E-state index contributed by atoms with van der Waals surface area (Å²) in [5.41, 5.74) is 4.22. The zero-order chi connectivity index (χ0) is 16.8. The molecule has 2 heterocycles. The number of benzene rings is 1. The minimum absolute atomic E-state index is 0.724. The Morgan fingerprint density at radius 1 is 1.17 bits per heavy atom. The summed E-state index contributed by atoms with van der Waals surface area (Å²) in [6.07, 6.45) is 1.06. The average Bonchev–Trinajstić information content (AvgIpc) is 3.10. The van der Waals surface area contributed by atoms with Crippen LogP contribution in [0.5, 0.6) is 5.75 Å². The molecule has 1 aromatic carbocycles. The highest BCUT2D eigenvalue weighted by atomic mass is 35.5. The van der Waals surface area contributed by atoms with E-state index < -0.39 is 0 Å². The van der Waals surface area contributed by atoms with Gasteiger partial charge in [-0.05, 0) is 30.7 Å². The molecule has 1 aliphatic rings. The molecule has 24 heavy (non-hydrogen) atoms. The minimum Gasteiger partial charge on any atom is -0.492 e. The molecule has 0 saturated carbocycles. The first-order chi connectivity index (χ1) is 11.7. The summed E-state index contributed by atoms with van der Waals surface area (Å²) in [5, 5.41) is 2.90. The van der Waals surface area contributed by atoms with Crippen LogP contribution in [0, 0.1) is 6.92 Å². The van der Waals surface area contributed by atoms with Gasteiger partial charge in [-0.2, -0.15) is 0 Å². The Morgan fingerprint density at radius 3 is 2.58 bits per heavy atom. The maximum Gasteiger partial charge on any atom is 0.122 e. The van der Waals surface area contributed by atoms with Crippen LogP contribution in [0.2, 0.25) is 5.02 Å². The summed E-state index contributed by atoms with van der Waals surface area (Å²) in [5.74, 6) is 0.932. The predicted molar refractivity (Wildman–Crippen MR) is 100 cm³/mol. The van der Waals surface area contributed by atoms with Gasteiger partial charge < -0.3 is 9.64 Å². The first kappa shape index (κ1) is 17.7. The molecule has 0 amide bonds. The highest BCUT2D eigenvalue weighted by Crippen LogP contribution is 2.21. The SMILES string of the molecule is Cc1cc(Cl)ccc1OCCN1CCN(CCc2cscn2)CC1. The van der Waals surface area contributed by atoms with Crippen LogP contribution >= 0.6 is 22.9 Å². The predicted octanol–water partition coefficient (Wildman–Crippen LogP) is 3.34. The van der Waals surface area contributed by atoms with Crippen LogP contribution < -0.4 is 4.74 Å². The van der Waals surface area contributed by atoms with E-state index in [2.05, 4.69) is 20.2 Å². The lowest BCUT2D eigenvalue weighted by Crippen LogP contribution is -2.47. The zero-order valence-electron chi connectivity index (χ0n) is 14.1. The van der Waals surface area contributed by atoms with Gasteiger partial charge in [-0.3, -0.25) is 4.90 Å². The number of aromatic nitrogens is 1. The number of piperazine rings is 1. The maximum absolute atomic E-state index is 5.97. The summed E-state index contributed by atoms with van der Waals surface area (Å²) in [4.78, 5) is 9.36. The van der Waals surface area contributed by atoms with Gasteiger partial charge in [0.2, 0.25) is 0 Å². The van der Waals surface area contributed by atoms with Crippen molar-refractivity contribution in [3.8, 4) is 5.75 Å². The smallest absolute Gasteiger partial charge is 0.122 e. The normalized spacial score (nSPS) is 16.4. The van der Waals surface area contributed by atoms with Crippen LogP contribution in [0.25, 0.3) is 0 Å². The topological polar surface area (TPSA) is 28.6 Å². The van der Waals surface area contributed by atoms with E-state index in [1.54, 1.807) is 11.3 Å². The molecule has 1 fully saturated rings. The Morgan fingerprint density at radius 2 is 1.92 bits per heavy atom. The minimum atomic E-state index is 0.724. The standard InChI is InChI=1S/C18H24ClN3OS/c1-15-12-16(19)2-3-18(15)23-11-10-22-8-6-21(7-9-22)5-4-17-13-24-14-20-17/h2-3,12-14H,4-11H2,1H3. The number of halogens is 1. The number of ether oxygens (including phenoxy) is 1. The molecular weight excluding hydrogens is 342 g/mol. The molecule has 6 heteroatoms. The number of rotatable bonds is 7. The largest absolute Gasteiger partial charge is 0.492 e. The number of thiazole rings is 1. The number of nitrogens with zero attached hydrogens (tertiary/aromatic N) is 3. The molecule has 0 radical (unpaired) electrons. The van der Waals surface area contributed by atoms with Crippen LogP contribution in [0.1, 0.15) is 11.3 Å². The fraction of sp³-hybridized carbons (Fsp3) is 0.500. The van der Waals surface area contributed by atoms with E-state index in [-0.39, 0.29) is 0 Å². The van der Waals surface area contributed by atoms with Gasteiger partial charge in [0.25, 0.3) is 0 Å². The molecule has 0 spiro atoms. The molecule has 3 rings (SSSR count). The summed E-state index contributed by atoms with van der Waals surface area (Å²) in [6, 6.07) is 5.77. The van der Waals surface area contributed by atoms with Gasteiger partial charge in [0.15, 0.2) is 0 Å². The van der Waals surface area contributed by atoms with Crippen molar-refractivity contribution >= 4 is 22.9 Å². The third-order valence-corrected chi connectivity index (χ3v) is 5.30. The first-order valence-electron chi connectivity index (χ1n) is 8.41. The lowest BCUT2D eigenvalue weighted by atomic mass is 10.2. The van der Waals surface area contributed by atoms with Crippen molar-refractivity contribution in [1.82, 2.24) is 14.8 Å². The van der Waals surface area contributed by atoms with Crippen molar-refractivity contribution in [2.75, 3.05) is 45.9 Å². The lowest BCUT2D eigenvalue weighted by molar-refractivity contribution is 0.117. The van der Waals surface area contributed by atoms with Crippen LogP contribution in [0.4, 0.5) is 0 Å². The van der Waals surface area contributed by atoms with Crippen molar-refractivity contribution in [3.05, 3.63) is 45.4 Å². The Hall–Kier alpha value is -1.14. The van der Waals surface area contributed by atoms with Gasteiger partial charge in [0.05, 0.1) is 11.2 Å². The second kappa shape index (κ2) is 8.81. The lowest BCUT2D eigenvalue weighted by Gasteiger charge is -2.34. The molecular formula is C18H24ClN3OS. The zero-order valence-corrected chi connectivity index (χ0v) is 15.7. The summed E-state index contributed by atoms with van der Waals surface area (Å²) in [7, 11) is 0. The van der Waals surface area contributed by atoms with E-state index in [0.29, 0.717) is 0 Å². The van der Waals surface area contributed by atoms with E-state index in [1.807, 2.05) is 30.6 Å². The third-order valence-electron chi connectivity index (χ3n) is 4.43. The average molecular weight is 366 g/mol. The number of hydrogen-bond acceptors (Lipinski definition) is 5. The molecule has 2 aromatic rings. The van der Waals surface area contributed by atoms with Crippen molar-refractivity contribution in [3.63, 3.8) is 0 Å². The monoisotopic (exact) mass is 365 g/mol. The Bertz CT molecular complexity index is 627. The van der Waals surface area contributed by atoms with Crippen molar-refractivity contribution in [2.45, 2.75) is 13.3 Å². The van der Waals surface area contributed by atoms with Crippen molar-refractivity contribution in [1.29, 1.82) is 0 Å². The molecule has 130 valence electrons. The third kappa shape index (κ3) is 5.18. The van der Waals surface area contributed by atoms with Gasteiger partial charge in [-0.25, -0.2) is 4.98 Å². The number of aryl methyl sites for hydroxylation is 1. The van der Waals surface area contributed by atoms with Gasteiger partial charge in [0.1, 0.15) is 12.4 Å². The second-order valence-corrected chi connectivity index (χ2v) is 7.33. The summed E-state index contributed by atoms with van der Waals surface area (Å²) >= 11 is 7.65. The van der Waals surface area contributed by atoms with Crippen LogP contribution in [0.3, 0.4) is 0 Å². The quantitative estimate of drug-likeness (QED) is 0.752. The van der Waals surface area contributed by atoms with E-state index in [9.17, 15) is 0 Å². The fourth-order valence-electron chi connectivity index (χ4n) is 2.93. The van der Waals surface area contributed by atoms with Gasteiger partial charge in [-0.15, -0.1) is 11.3 Å². The van der Waals surface area contributed by atoms with Gasteiger partial charge in [-0.1, -0.05) is 11.6 Å². The number of hydrogen-bond donors (Lipinski definition) is 0. The Labute approximate surface area is 153 Å². The molecule has 4 nitrogen and oxygen atoms in total. The van der Waals surface area contributed by atoms with E-state index >= 15 is 0 Å². The van der Waals surface area contributed by atoms with E-state index in [0.717, 1.165) is 68.6 Å². The van der Waals surface area contributed by atoms with E-state index in [4.69, 9.17) is 16.3 Å². The molecule has 1 aliphatic heterocycles. The Kier molecular flexibility index (Phi) is 6.49. The summed E-state index contributed by atoms with van der Waals surface area (Å²) < 4.78 is 5.90. The van der Waals surface area contributed by atoms with E-state index in [1.165, 1.54) is 5.69 Å². The molecule has 0 bridgehead atoms. The molecule has 0 atom stereocenters. The van der Waals surface area contributed by atoms with Crippen molar-refractivity contribution < 1.29 is 4.74 Å². The highest BCUT2D eigenvalue weighted by Gasteiger charge is 2.16. The first-order valence-corrected chi connectivity index (χ1v) is 9.73. The molecule has 1 saturated heterocycles. The maximum atomic E-state index is 5.97. The molecule has 0 N–H and O–H groups in total. The summed E-state index contributed by atoms with van der Waals surface area (Å²) in [6.45, 7) is 9.32. The van der Waals surface area contributed by atoms with Crippen molar-refractivity contribution in [2.24, 2.45) is 0 Å². The van der Waals surface area contributed by atoms with Crippen LogP contribution in [0.15, 0.2) is 29.1 Å². The van der Waals surface area contributed by atoms with Gasteiger partial charge >= 0.3 is 0 Å². The Balaban J connectivity index is 1.33. The van der Waals surface area contributed by atoms with Crippen LogP contribution in [-0.4, -0.2) is 60.7 Å². The second-order valence-electron chi connectivity index (χ2n) is 6.17. The highest BCUT2D eigenvalue weighted by molar-refractivity contribution is 7.07.